The highest BCUT2D eigenvalue weighted by molar-refractivity contribution is 5.57. The summed E-state index contributed by atoms with van der Waals surface area (Å²) in [6, 6.07) is 6.23. The molecule has 2 rings (SSSR count). The molecule has 3 heteroatoms. The van der Waals surface area contributed by atoms with Gasteiger partial charge in [0, 0.05) is 31.4 Å². The number of benzene rings is 1. The summed E-state index contributed by atoms with van der Waals surface area (Å²) in [6.07, 6.45) is 3.89. The predicted octanol–water partition coefficient (Wildman–Crippen LogP) is 3.42. The number of rotatable bonds is 4. The second-order valence-corrected chi connectivity index (χ2v) is 6.12. The summed E-state index contributed by atoms with van der Waals surface area (Å²) in [5, 5.41) is 0. The molecule has 1 aromatic carbocycles. The van der Waals surface area contributed by atoms with Gasteiger partial charge in [0.1, 0.15) is 5.75 Å². The maximum atomic E-state index is 5.90. The van der Waals surface area contributed by atoms with Crippen molar-refractivity contribution in [3.8, 4) is 5.75 Å². The van der Waals surface area contributed by atoms with Gasteiger partial charge in [-0.25, -0.2) is 0 Å². The molecule has 0 aromatic heterocycles. The molecule has 1 aromatic rings. The van der Waals surface area contributed by atoms with E-state index in [1.54, 1.807) is 7.11 Å². The van der Waals surface area contributed by atoms with E-state index < -0.39 is 0 Å². The number of nitrogens with two attached hydrogens (primary N) is 1. The maximum Gasteiger partial charge on any atom is 0.120 e. The molecule has 1 unspecified atom stereocenters. The summed E-state index contributed by atoms with van der Waals surface area (Å²) in [7, 11) is 1.72. The Kier molecular flexibility index (Phi) is 5.30. The molecule has 2 N–H and O–H groups in total. The zero-order valence-electron chi connectivity index (χ0n) is 13.1. The third kappa shape index (κ3) is 3.45. The molecule has 0 radical (unpaired) electrons. The van der Waals surface area contributed by atoms with Crippen molar-refractivity contribution in [1.82, 2.24) is 0 Å². The number of ether oxygens (including phenoxy) is 1. The molecule has 0 bridgehead atoms. The highest BCUT2D eigenvalue weighted by atomic mass is 16.5. The van der Waals surface area contributed by atoms with Crippen molar-refractivity contribution in [3.63, 3.8) is 0 Å². The Morgan fingerprint density at radius 2 is 2.10 bits per heavy atom. The zero-order chi connectivity index (χ0) is 14.5. The minimum absolute atomic E-state index is 0.587. The lowest BCUT2D eigenvalue weighted by molar-refractivity contribution is 0.351. The fraction of sp³-hybridized carbons (Fsp3) is 0.647. The van der Waals surface area contributed by atoms with Crippen LogP contribution in [0.25, 0.3) is 0 Å². The van der Waals surface area contributed by atoms with Crippen LogP contribution in [0.3, 0.4) is 0 Å². The fourth-order valence-electron chi connectivity index (χ4n) is 3.17. The van der Waals surface area contributed by atoms with E-state index in [0.717, 1.165) is 30.7 Å². The third-order valence-corrected chi connectivity index (χ3v) is 4.57. The van der Waals surface area contributed by atoms with E-state index in [1.165, 1.54) is 30.5 Å². The molecule has 3 nitrogen and oxygen atoms in total. The van der Waals surface area contributed by atoms with Crippen LogP contribution in [-0.4, -0.2) is 20.2 Å². The molecule has 112 valence electrons. The molecule has 0 amide bonds. The second-order valence-electron chi connectivity index (χ2n) is 6.12. The topological polar surface area (TPSA) is 38.5 Å². The molecule has 20 heavy (non-hydrogen) atoms. The fourth-order valence-corrected chi connectivity index (χ4v) is 3.17. The van der Waals surface area contributed by atoms with Gasteiger partial charge in [0.25, 0.3) is 0 Å². The Labute approximate surface area is 123 Å². The number of hydrogen-bond acceptors (Lipinski definition) is 3. The van der Waals surface area contributed by atoms with Crippen molar-refractivity contribution in [2.24, 2.45) is 17.6 Å². The van der Waals surface area contributed by atoms with E-state index in [2.05, 4.69) is 30.9 Å². The van der Waals surface area contributed by atoms with Gasteiger partial charge in [0.05, 0.1) is 7.11 Å². The summed E-state index contributed by atoms with van der Waals surface area (Å²) in [5.74, 6) is 2.56. The monoisotopic (exact) mass is 276 g/mol. The van der Waals surface area contributed by atoms with Crippen LogP contribution in [0.15, 0.2) is 18.2 Å². The van der Waals surface area contributed by atoms with Crippen molar-refractivity contribution in [3.05, 3.63) is 23.8 Å². The largest absolute Gasteiger partial charge is 0.497 e. The normalized spacial score (nSPS) is 20.1. The van der Waals surface area contributed by atoms with Crippen LogP contribution in [0.4, 0.5) is 5.69 Å². The zero-order valence-corrected chi connectivity index (χ0v) is 13.1. The molecular weight excluding hydrogens is 248 g/mol. The van der Waals surface area contributed by atoms with Gasteiger partial charge in [-0.05, 0) is 42.7 Å². The van der Waals surface area contributed by atoms with E-state index in [-0.39, 0.29) is 0 Å². The molecule has 1 saturated heterocycles. The van der Waals surface area contributed by atoms with Crippen molar-refractivity contribution in [2.45, 2.75) is 39.7 Å². The summed E-state index contributed by atoms with van der Waals surface area (Å²) in [5.41, 5.74) is 8.37. The summed E-state index contributed by atoms with van der Waals surface area (Å²) in [4.78, 5) is 2.49. The first-order valence-corrected chi connectivity index (χ1v) is 7.77. The van der Waals surface area contributed by atoms with Crippen LogP contribution >= 0.6 is 0 Å². The second kappa shape index (κ2) is 6.98. The standard InChI is InChI=1S/C17H28N2O/c1-13(2)14-5-4-9-19(10-8-14)17-11-16(20-3)7-6-15(17)12-18/h6-7,11,13-14H,4-5,8-10,12,18H2,1-3H3. The molecule has 1 aliphatic heterocycles. The molecule has 1 heterocycles. The Hall–Kier alpha value is -1.22. The van der Waals surface area contributed by atoms with Gasteiger partial charge in [-0.2, -0.15) is 0 Å². The molecule has 1 aliphatic rings. The van der Waals surface area contributed by atoms with Crippen LogP contribution in [0.2, 0.25) is 0 Å². The van der Waals surface area contributed by atoms with Gasteiger partial charge in [-0.15, -0.1) is 0 Å². The number of hydrogen-bond donors (Lipinski definition) is 1. The predicted molar refractivity (Wildman–Crippen MR) is 85.3 cm³/mol. The average Bonchev–Trinajstić information content (AvgIpc) is 2.72. The molecule has 0 spiro atoms. The van der Waals surface area contributed by atoms with Gasteiger partial charge >= 0.3 is 0 Å². The highest BCUT2D eigenvalue weighted by Crippen LogP contribution is 2.31. The lowest BCUT2D eigenvalue weighted by Crippen LogP contribution is -2.26. The van der Waals surface area contributed by atoms with Gasteiger partial charge < -0.3 is 15.4 Å². The number of methoxy groups -OCH3 is 1. The molecule has 0 aliphatic carbocycles. The first kappa shape index (κ1) is 15.2. The van der Waals surface area contributed by atoms with Crippen molar-refractivity contribution >= 4 is 5.69 Å². The van der Waals surface area contributed by atoms with Crippen LogP contribution in [-0.2, 0) is 6.54 Å². The van der Waals surface area contributed by atoms with Crippen molar-refractivity contribution < 1.29 is 4.74 Å². The van der Waals surface area contributed by atoms with Crippen LogP contribution in [0.1, 0.15) is 38.7 Å². The van der Waals surface area contributed by atoms with E-state index >= 15 is 0 Å². The molecular formula is C17H28N2O. The van der Waals surface area contributed by atoms with Gasteiger partial charge in [-0.1, -0.05) is 19.9 Å². The quantitative estimate of drug-likeness (QED) is 0.916. The minimum atomic E-state index is 0.587. The lowest BCUT2D eigenvalue weighted by atomic mass is 9.89. The minimum Gasteiger partial charge on any atom is -0.497 e. The van der Waals surface area contributed by atoms with Gasteiger partial charge in [0.2, 0.25) is 0 Å². The Balaban J connectivity index is 2.18. The van der Waals surface area contributed by atoms with E-state index in [0.29, 0.717) is 6.54 Å². The van der Waals surface area contributed by atoms with E-state index in [4.69, 9.17) is 10.5 Å². The summed E-state index contributed by atoms with van der Waals surface area (Å²) >= 11 is 0. The highest BCUT2D eigenvalue weighted by Gasteiger charge is 2.21. The van der Waals surface area contributed by atoms with Crippen molar-refractivity contribution in [1.29, 1.82) is 0 Å². The number of anilines is 1. The maximum absolute atomic E-state index is 5.90. The molecule has 1 atom stereocenters. The average molecular weight is 276 g/mol. The number of nitrogens with zero attached hydrogens (tertiary/aromatic N) is 1. The lowest BCUT2D eigenvalue weighted by Gasteiger charge is -2.26. The Bertz CT molecular complexity index is 431. The Morgan fingerprint density at radius 3 is 2.75 bits per heavy atom. The van der Waals surface area contributed by atoms with Crippen LogP contribution in [0.5, 0.6) is 5.75 Å². The van der Waals surface area contributed by atoms with E-state index in [1.807, 2.05) is 6.07 Å². The summed E-state index contributed by atoms with van der Waals surface area (Å²) < 4.78 is 5.37. The Morgan fingerprint density at radius 1 is 1.30 bits per heavy atom. The summed E-state index contributed by atoms with van der Waals surface area (Å²) in [6.45, 7) is 7.53. The third-order valence-electron chi connectivity index (χ3n) is 4.57. The van der Waals surface area contributed by atoms with E-state index in [9.17, 15) is 0 Å². The van der Waals surface area contributed by atoms with Crippen LogP contribution < -0.4 is 15.4 Å². The van der Waals surface area contributed by atoms with Gasteiger partial charge in [-0.3, -0.25) is 0 Å². The smallest absolute Gasteiger partial charge is 0.120 e. The van der Waals surface area contributed by atoms with Gasteiger partial charge in [0.15, 0.2) is 0 Å². The molecule has 1 fully saturated rings. The first-order valence-electron chi connectivity index (χ1n) is 7.77. The molecule has 0 saturated carbocycles. The SMILES string of the molecule is COc1ccc(CN)c(N2CCCC(C(C)C)CC2)c1. The van der Waals surface area contributed by atoms with Crippen molar-refractivity contribution in [2.75, 3.05) is 25.1 Å². The van der Waals surface area contributed by atoms with Crippen LogP contribution in [0, 0.1) is 11.8 Å². The first-order chi connectivity index (χ1) is 9.65.